The van der Waals surface area contributed by atoms with E-state index >= 15 is 0 Å². The second-order valence-electron chi connectivity index (χ2n) is 6.39. The first-order chi connectivity index (χ1) is 11.1. The van der Waals surface area contributed by atoms with Crippen LogP contribution in [0.2, 0.25) is 5.02 Å². The van der Waals surface area contributed by atoms with E-state index in [2.05, 4.69) is 10.6 Å². The number of benzene rings is 1. The largest absolute Gasteiger partial charge is 0.480 e. The maximum atomic E-state index is 11.8. The van der Waals surface area contributed by atoms with Gasteiger partial charge in [0.05, 0.1) is 11.6 Å². The summed E-state index contributed by atoms with van der Waals surface area (Å²) in [6.07, 6.45) is 0.321. The third kappa shape index (κ3) is 7.82. The Balaban J connectivity index is 2.51. The Bertz CT molecular complexity index is 625. The van der Waals surface area contributed by atoms with Gasteiger partial charge in [-0.15, -0.1) is 0 Å². The van der Waals surface area contributed by atoms with E-state index in [4.69, 9.17) is 21.4 Å². The van der Waals surface area contributed by atoms with Gasteiger partial charge in [-0.1, -0.05) is 32.4 Å². The molecule has 24 heavy (non-hydrogen) atoms. The molecule has 0 atom stereocenters. The van der Waals surface area contributed by atoms with Gasteiger partial charge >= 0.3 is 5.97 Å². The molecule has 0 aliphatic heterocycles. The number of halogens is 1. The summed E-state index contributed by atoms with van der Waals surface area (Å²) in [6, 6.07) is 4.42. The number of carbonyl (C=O) groups excluding carboxylic acids is 2. The van der Waals surface area contributed by atoms with Crippen molar-refractivity contribution in [3.8, 4) is 5.75 Å². The molecule has 8 heteroatoms. The zero-order valence-corrected chi connectivity index (χ0v) is 14.6. The van der Waals surface area contributed by atoms with E-state index in [0.717, 1.165) is 0 Å². The maximum absolute atomic E-state index is 11.8. The second-order valence-corrected chi connectivity index (χ2v) is 6.80. The van der Waals surface area contributed by atoms with Crippen LogP contribution in [0.4, 0.5) is 5.69 Å². The highest BCUT2D eigenvalue weighted by Gasteiger charge is 2.16. The zero-order chi connectivity index (χ0) is 18.3. The molecule has 0 aromatic heterocycles. The number of aliphatic carboxylic acids is 1. The van der Waals surface area contributed by atoms with E-state index in [-0.39, 0.29) is 28.6 Å². The predicted octanol–water partition coefficient (Wildman–Crippen LogP) is 2.29. The number of ether oxygens (including phenoxy) is 1. The van der Waals surface area contributed by atoms with Crippen molar-refractivity contribution in [1.29, 1.82) is 0 Å². The molecular weight excluding hydrogens is 336 g/mol. The van der Waals surface area contributed by atoms with Crippen molar-refractivity contribution in [1.82, 2.24) is 5.32 Å². The Morgan fingerprint density at radius 3 is 2.42 bits per heavy atom. The molecule has 0 aliphatic rings. The monoisotopic (exact) mass is 356 g/mol. The molecule has 0 unspecified atom stereocenters. The molecule has 0 aliphatic carbocycles. The number of carboxylic acid groups (broad SMARTS) is 1. The number of hydrogen-bond acceptors (Lipinski definition) is 4. The minimum Gasteiger partial charge on any atom is -0.480 e. The van der Waals surface area contributed by atoms with Crippen molar-refractivity contribution in [3.63, 3.8) is 0 Å². The Morgan fingerprint density at radius 1 is 1.21 bits per heavy atom. The Morgan fingerprint density at radius 2 is 1.88 bits per heavy atom. The van der Waals surface area contributed by atoms with Gasteiger partial charge in [0.25, 0.3) is 0 Å². The summed E-state index contributed by atoms with van der Waals surface area (Å²) in [6.45, 7) is 5.14. The lowest BCUT2D eigenvalue weighted by atomic mass is 9.92. The van der Waals surface area contributed by atoms with Crippen molar-refractivity contribution in [2.24, 2.45) is 5.41 Å². The molecule has 0 radical (unpaired) electrons. The first-order valence-electron chi connectivity index (χ1n) is 7.27. The molecular formula is C16H21ClN2O5. The van der Waals surface area contributed by atoms with Crippen molar-refractivity contribution in [2.45, 2.75) is 27.2 Å². The van der Waals surface area contributed by atoms with Crippen LogP contribution < -0.4 is 15.4 Å². The maximum Gasteiger partial charge on any atom is 0.341 e. The highest BCUT2D eigenvalue weighted by Crippen LogP contribution is 2.27. The molecule has 1 rings (SSSR count). The molecule has 7 nitrogen and oxygen atoms in total. The van der Waals surface area contributed by atoms with Crippen molar-refractivity contribution < 1.29 is 24.2 Å². The zero-order valence-electron chi connectivity index (χ0n) is 13.8. The number of nitrogens with one attached hydrogen (secondary N) is 2. The minimum absolute atomic E-state index is 0.149. The summed E-state index contributed by atoms with van der Waals surface area (Å²) < 4.78 is 4.98. The highest BCUT2D eigenvalue weighted by atomic mass is 35.5. The standard InChI is InChI=1S/C16H21ClN2O5/c1-16(2,3)7-13(20)18-8-14(21)19-10-4-5-12(11(17)6-10)24-9-15(22)23/h4-6H,7-9H2,1-3H3,(H,18,20)(H,19,21)(H,22,23). The number of anilines is 1. The molecule has 1 aromatic rings. The van der Waals surface area contributed by atoms with E-state index in [0.29, 0.717) is 12.1 Å². The first-order valence-corrected chi connectivity index (χ1v) is 7.65. The van der Waals surface area contributed by atoms with Crippen LogP contribution in [0, 0.1) is 5.41 Å². The SMILES string of the molecule is CC(C)(C)CC(=O)NCC(=O)Nc1ccc(OCC(=O)O)c(Cl)c1. The summed E-state index contributed by atoms with van der Waals surface area (Å²) in [4.78, 5) is 33.9. The molecule has 0 fully saturated rings. The molecule has 0 saturated carbocycles. The fourth-order valence-corrected chi connectivity index (χ4v) is 2.00. The fourth-order valence-electron chi connectivity index (χ4n) is 1.76. The lowest BCUT2D eigenvalue weighted by Crippen LogP contribution is -2.34. The molecule has 132 valence electrons. The summed E-state index contributed by atoms with van der Waals surface area (Å²) in [5.74, 6) is -1.51. The Labute approximate surface area is 145 Å². The van der Waals surface area contributed by atoms with Crippen LogP contribution in [-0.2, 0) is 14.4 Å². The van der Waals surface area contributed by atoms with Gasteiger partial charge in [-0.2, -0.15) is 0 Å². The number of amides is 2. The van der Waals surface area contributed by atoms with Crippen molar-refractivity contribution in [3.05, 3.63) is 23.2 Å². The van der Waals surface area contributed by atoms with E-state index in [1.165, 1.54) is 18.2 Å². The Kier molecular flexibility index (Phi) is 7.03. The lowest BCUT2D eigenvalue weighted by Gasteiger charge is -2.17. The van der Waals surface area contributed by atoms with E-state index in [1.807, 2.05) is 20.8 Å². The van der Waals surface area contributed by atoms with Crippen molar-refractivity contribution in [2.75, 3.05) is 18.5 Å². The Hall–Kier alpha value is -2.28. The average Bonchev–Trinajstić information content (AvgIpc) is 2.42. The molecule has 3 N–H and O–H groups in total. The molecule has 0 spiro atoms. The molecule has 0 saturated heterocycles. The van der Waals surface area contributed by atoms with Crippen LogP contribution in [-0.4, -0.2) is 36.0 Å². The van der Waals surface area contributed by atoms with Crippen LogP contribution in [0.15, 0.2) is 18.2 Å². The van der Waals surface area contributed by atoms with Crippen LogP contribution in [0.5, 0.6) is 5.75 Å². The highest BCUT2D eigenvalue weighted by molar-refractivity contribution is 6.32. The smallest absolute Gasteiger partial charge is 0.341 e. The van der Waals surface area contributed by atoms with Gasteiger partial charge in [-0.25, -0.2) is 4.79 Å². The minimum atomic E-state index is -1.12. The molecule has 0 heterocycles. The van der Waals surface area contributed by atoms with E-state index in [1.54, 1.807) is 0 Å². The summed E-state index contributed by atoms with van der Waals surface area (Å²) in [5, 5.41) is 13.9. The second kappa shape index (κ2) is 8.54. The van der Waals surface area contributed by atoms with Crippen molar-refractivity contribution >= 4 is 35.1 Å². The van der Waals surface area contributed by atoms with E-state index in [9.17, 15) is 14.4 Å². The average molecular weight is 357 g/mol. The fraction of sp³-hybridized carbons (Fsp3) is 0.438. The van der Waals surface area contributed by atoms with Gasteiger partial charge in [0.2, 0.25) is 11.8 Å². The van der Waals surface area contributed by atoms with Gasteiger partial charge in [0.1, 0.15) is 5.75 Å². The van der Waals surface area contributed by atoms with Crippen LogP contribution in [0.25, 0.3) is 0 Å². The number of carboxylic acids is 1. The normalized spacial score (nSPS) is 10.8. The third-order valence-corrected chi connectivity index (χ3v) is 3.00. The number of carbonyl (C=O) groups is 3. The first kappa shape index (κ1) is 19.8. The van der Waals surface area contributed by atoms with Crippen LogP contribution in [0.3, 0.4) is 0 Å². The number of hydrogen-bond donors (Lipinski definition) is 3. The third-order valence-electron chi connectivity index (χ3n) is 2.70. The number of rotatable bonds is 7. The van der Waals surface area contributed by atoms with E-state index < -0.39 is 18.5 Å². The lowest BCUT2D eigenvalue weighted by molar-refractivity contribution is -0.139. The van der Waals surface area contributed by atoms with Gasteiger partial charge < -0.3 is 20.5 Å². The summed E-state index contributed by atoms with van der Waals surface area (Å²) in [5.41, 5.74) is 0.262. The van der Waals surface area contributed by atoms with Crippen LogP contribution in [0.1, 0.15) is 27.2 Å². The quantitative estimate of drug-likeness (QED) is 0.695. The molecule has 1 aromatic carbocycles. The topological polar surface area (TPSA) is 105 Å². The van der Waals surface area contributed by atoms with Gasteiger partial charge in [0.15, 0.2) is 6.61 Å². The summed E-state index contributed by atoms with van der Waals surface area (Å²) in [7, 11) is 0. The molecule has 2 amide bonds. The van der Waals surface area contributed by atoms with Crippen LogP contribution >= 0.6 is 11.6 Å². The summed E-state index contributed by atoms with van der Waals surface area (Å²) >= 11 is 5.96. The van der Waals surface area contributed by atoms with Gasteiger partial charge in [0, 0.05) is 12.1 Å². The van der Waals surface area contributed by atoms with Gasteiger partial charge in [-0.3, -0.25) is 9.59 Å². The van der Waals surface area contributed by atoms with Gasteiger partial charge in [-0.05, 0) is 23.6 Å². The predicted molar refractivity (Wildman–Crippen MR) is 90.3 cm³/mol. The molecule has 0 bridgehead atoms.